The van der Waals surface area contributed by atoms with Gasteiger partial charge < -0.3 is 21.1 Å². The summed E-state index contributed by atoms with van der Waals surface area (Å²) in [6.07, 6.45) is 1.62. The molecule has 0 unspecified atom stereocenters. The maximum absolute atomic E-state index is 12.9. The number of primary amides is 1. The highest BCUT2D eigenvalue weighted by Crippen LogP contribution is 2.07. The van der Waals surface area contributed by atoms with Crippen molar-refractivity contribution >= 4 is 17.9 Å². The Kier molecular flexibility index (Phi) is 9.29. The fourth-order valence-corrected chi connectivity index (χ4v) is 2.84. The Balaban J connectivity index is 2.07. The zero-order valence-electron chi connectivity index (χ0n) is 17.8. The highest BCUT2D eigenvalue weighted by atomic mass is 16.5. The molecule has 0 aliphatic heterocycles. The van der Waals surface area contributed by atoms with Crippen LogP contribution in [0, 0.1) is 0 Å². The van der Waals surface area contributed by atoms with Crippen molar-refractivity contribution in [1.82, 2.24) is 10.6 Å². The average molecular weight is 424 g/mol. The van der Waals surface area contributed by atoms with Gasteiger partial charge in [0.25, 0.3) is 0 Å². The van der Waals surface area contributed by atoms with Gasteiger partial charge in [0.15, 0.2) is 0 Å². The van der Waals surface area contributed by atoms with E-state index >= 15 is 0 Å². The second kappa shape index (κ2) is 12.2. The normalized spacial score (nSPS) is 12.2. The van der Waals surface area contributed by atoms with Gasteiger partial charge >= 0.3 is 6.09 Å². The maximum atomic E-state index is 12.9. The number of allylic oxidation sites excluding steroid dienone is 1. The predicted molar refractivity (Wildman–Crippen MR) is 119 cm³/mol. The van der Waals surface area contributed by atoms with Crippen LogP contribution in [0.15, 0.2) is 72.3 Å². The van der Waals surface area contributed by atoms with Gasteiger partial charge in [0.1, 0.15) is 18.7 Å². The van der Waals surface area contributed by atoms with Crippen molar-refractivity contribution in [3.63, 3.8) is 0 Å². The SMILES string of the molecule is CC(C)=CC[C@H](NC(=O)[C@H](Cc1ccccc1)NC(=O)OCc1ccccc1)C(N)=O. The molecule has 0 saturated heterocycles. The molecule has 2 atom stereocenters. The first-order chi connectivity index (χ1) is 14.8. The van der Waals surface area contributed by atoms with Crippen LogP contribution < -0.4 is 16.4 Å². The number of nitrogens with two attached hydrogens (primary N) is 1. The van der Waals surface area contributed by atoms with Gasteiger partial charge in [-0.1, -0.05) is 72.3 Å². The highest BCUT2D eigenvalue weighted by Gasteiger charge is 2.26. The molecule has 2 aromatic carbocycles. The van der Waals surface area contributed by atoms with Crippen LogP contribution in [-0.4, -0.2) is 30.0 Å². The van der Waals surface area contributed by atoms with Gasteiger partial charge in [-0.2, -0.15) is 0 Å². The van der Waals surface area contributed by atoms with Crippen LogP contribution in [0.4, 0.5) is 4.79 Å². The van der Waals surface area contributed by atoms with Gasteiger partial charge in [-0.25, -0.2) is 4.79 Å². The summed E-state index contributed by atoms with van der Waals surface area (Å²) in [6, 6.07) is 16.7. The number of benzene rings is 2. The molecule has 0 spiro atoms. The quantitative estimate of drug-likeness (QED) is 0.510. The molecule has 7 nitrogen and oxygen atoms in total. The third-order valence-electron chi connectivity index (χ3n) is 4.53. The van der Waals surface area contributed by atoms with E-state index in [4.69, 9.17) is 10.5 Å². The number of carbonyl (C=O) groups excluding carboxylic acids is 3. The second-order valence-corrected chi connectivity index (χ2v) is 7.43. The molecule has 2 aromatic rings. The number of carbonyl (C=O) groups is 3. The fraction of sp³-hybridized carbons (Fsp3) is 0.292. The molecule has 0 aliphatic carbocycles. The summed E-state index contributed by atoms with van der Waals surface area (Å²) in [7, 11) is 0. The Morgan fingerprint density at radius 1 is 0.903 bits per heavy atom. The molecule has 0 aliphatic rings. The van der Waals surface area contributed by atoms with E-state index in [1.165, 1.54) is 0 Å². The number of nitrogens with one attached hydrogen (secondary N) is 2. The molecule has 0 bridgehead atoms. The number of amides is 3. The average Bonchev–Trinajstić information content (AvgIpc) is 2.75. The molecule has 0 saturated carbocycles. The first-order valence-electron chi connectivity index (χ1n) is 10.1. The lowest BCUT2D eigenvalue weighted by molar-refractivity contribution is -0.128. The van der Waals surface area contributed by atoms with Gasteiger partial charge in [0.05, 0.1) is 0 Å². The molecule has 7 heteroatoms. The highest BCUT2D eigenvalue weighted by molar-refractivity contribution is 5.91. The first kappa shape index (κ1) is 23.7. The molecule has 0 heterocycles. The van der Waals surface area contributed by atoms with E-state index in [9.17, 15) is 14.4 Å². The van der Waals surface area contributed by atoms with Crippen molar-refractivity contribution in [3.8, 4) is 0 Å². The van der Waals surface area contributed by atoms with Crippen LogP contribution in [0.3, 0.4) is 0 Å². The number of hydrogen-bond acceptors (Lipinski definition) is 4. The Morgan fingerprint density at radius 3 is 2.03 bits per heavy atom. The van der Waals surface area contributed by atoms with Gasteiger partial charge in [0.2, 0.25) is 11.8 Å². The van der Waals surface area contributed by atoms with Crippen molar-refractivity contribution < 1.29 is 19.1 Å². The molecule has 164 valence electrons. The van der Waals surface area contributed by atoms with Crippen molar-refractivity contribution in [1.29, 1.82) is 0 Å². The second-order valence-electron chi connectivity index (χ2n) is 7.43. The van der Waals surface area contributed by atoms with E-state index in [0.717, 1.165) is 16.7 Å². The van der Waals surface area contributed by atoms with E-state index in [1.807, 2.05) is 80.6 Å². The number of rotatable bonds is 10. The molecule has 3 amide bonds. The number of hydrogen-bond donors (Lipinski definition) is 3. The third-order valence-corrected chi connectivity index (χ3v) is 4.53. The van der Waals surface area contributed by atoms with Gasteiger partial charge in [-0.05, 0) is 31.4 Å². The van der Waals surface area contributed by atoms with Gasteiger partial charge in [-0.3, -0.25) is 9.59 Å². The van der Waals surface area contributed by atoms with Crippen LogP contribution in [-0.2, 0) is 27.4 Å². The lowest BCUT2D eigenvalue weighted by Gasteiger charge is -2.21. The van der Waals surface area contributed by atoms with Crippen LogP contribution in [0.25, 0.3) is 0 Å². The van der Waals surface area contributed by atoms with Gasteiger partial charge in [0, 0.05) is 6.42 Å². The fourth-order valence-electron chi connectivity index (χ4n) is 2.84. The molecule has 31 heavy (non-hydrogen) atoms. The standard InChI is InChI=1S/C24H29N3O4/c1-17(2)13-14-20(22(25)28)26-23(29)21(15-18-9-5-3-6-10-18)27-24(30)31-16-19-11-7-4-8-12-19/h3-13,20-21H,14-16H2,1-2H3,(H2,25,28)(H,26,29)(H,27,30)/t20-,21-/m0/s1. The zero-order valence-corrected chi connectivity index (χ0v) is 17.8. The minimum atomic E-state index is -0.931. The van der Waals surface area contributed by atoms with Crippen molar-refractivity contribution in [2.45, 2.75) is 45.4 Å². The minimum absolute atomic E-state index is 0.0802. The van der Waals surface area contributed by atoms with E-state index in [0.29, 0.717) is 0 Å². The van der Waals surface area contributed by atoms with Crippen LogP contribution in [0.1, 0.15) is 31.4 Å². The van der Waals surface area contributed by atoms with Gasteiger partial charge in [-0.15, -0.1) is 0 Å². The molecule has 0 fully saturated rings. The molecule has 4 N–H and O–H groups in total. The first-order valence-corrected chi connectivity index (χ1v) is 10.1. The zero-order chi connectivity index (χ0) is 22.6. The summed E-state index contributed by atoms with van der Waals surface area (Å²) < 4.78 is 5.25. The number of ether oxygens (including phenoxy) is 1. The summed E-state index contributed by atoms with van der Waals surface area (Å²) in [5, 5.41) is 5.25. The number of alkyl carbamates (subject to hydrolysis) is 1. The molecular formula is C24H29N3O4. The minimum Gasteiger partial charge on any atom is -0.445 e. The molecule has 2 rings (SSSR count). The summed E-state index contributed by atoms with van der Waals surface area (Å²) >= 11 is 0. The Hall–Kier alpha value is -3.61. The Morgan fingerprint density at radius 2 is 1.48 bits per heavy atom. The van der Waals surface area contributed by atoms with E-state index in [-0.39, 0.29) is 19.4 Å². The lowest BCUT2D eigenvalue weighted by atomic mass is 10.0. The van der Waals surface area contributed by atoms with Crippen molar-refractivity contribution in [3.05, 3.63) is 83.4 Å². The molecule has 0 aromatic heterocycles. The largest absolute Gasteiger partial charge is 0.445 e. The van der Waals surface area contributed by atoms with Crippen LogP contribution in [0.2, 0.25) is 0 Å². The molecular weight excluding hydrogens is 394 g/mol. The Labute approximate surface area is 182 Å². The monoisotopic (exact) mass is 423 g/mol. The smallest absolute Gasteiger partial charge is 0.408 e. The summed E-state index contributed by atoms with van der Waals surface area (Å²) in [6.45, 7) is 3.86. The van der Waals surface area contributed by atoms with Crippen molar-refractivity contribution in [2.75, 3.05) is 0 Å². The van der Waals surface area contributed by atoms with E-state index in [2.05, 4.69) is 10.6 Å². The predicted octanol–water partition coefficient (Wildman–Crippen LogP) is 2.85. The lowest BCUT2D eigenvalue weighted by Crippen LogP contribution is -2.53. The third kappa shape index (κ3) is 8.74. The topological polar surface area (TPSA) is 111 Å². The summed E-state index contributed by atoms with van der Waals surface area (Å²) in [5.74, 6) is -1.15. The van der Waals surface area contributed by atoms with Crippen molar-refractivity contribution in [2.24, 2.45) is 5.73 Å². The Bertz CT molecular complexity index is 894. The summed E-state index contributed by atoms with van der Waals surface area (Å²) in [4.78, 5) is 37.0. The van der Waals surface area contributed by atoms with Crippen LogP contribution >= 0.6 is 0 Å². The van der Waals surface area contributed by atoms with E-state index in [1.54, 1.807) is 0 Å². The van der Waals surface area contributed by atoms with Crippen LogP contribution in [0.5, 0.6) is 0 Å². The summed E-state index contributed by atoms with van der Waals surface area (Å²) in [5.41, 5.74) is 8.13. The molecule has 0 radical (unpaired) electrons. The maximum Gasteiger partial charge on any atom is 0.408 e. The van der Waals surface area contributed by atoms with E-state index < -0.39 is 30.0 Å².